The van der Waals surface area contributed by atoms with Crippen molar-refractivity contribution in [2.24, 2.45) is 10.7 Å². The van der Waals surface area contributed by atoms with Gasteiger partial charge in [-0.2, -0.15) is 0 Å². The van der Waals surface area contributed by atoms with Gasteiger partial charge in [-0.25, -0.2) is 0 Å². The minimum Gasteiger partial charge on any atom is -0.379 e. The quantitative estimate of drug-likeness (QED) is 0.610. The largest absolute Gasteiger partial charge is 0.379 e. The van der Waals surface area contributed by atoms with Gasteiger partial charge in [-0.05, 0) is 33.1 Å². The Balaban J connectivity index is 1.87. The fourth-order valence-electron chi connectivity index (χ4n) is 2.77. The Morgan fingerprint density at radius 2 is 1.74 bits per heavy atom. The van der Waals surface area contributed by atoms with Gasteiger partial charge in [-0.1, -0.05) is 0 Å². The van der Waals surface area contributed by atoms with Crippen molar-refractivity contribution in [3.63, 3.8) is 0 Å². The third-order valence-corrected chi connectivity index (χ3v) is 4.18. The zero-order valence-corrected chi connectivity index (χ0v) is 12.4. The van der Waals surface area contributed by atoms with Crippen molar-refractivity contribution in [3.8, 4) is 0 Å². The van der Waals surface area contributed by atoms with Gasteiger partial charge in [0, 0.05) is 31.7 Å². The highest BCUT2D eigenvalue weighted by atomic mass is 16.5. The number of morpholine rings is 1. The van der Waals surface area contributed by atoms with Crippen LogP contribution in [0, 0.1) is 0 Å². The molecule has 2 aliphatic heterocycles. The number of nitrogens with zero attached hydrogens (tertiary/aromatic N) is 3. The molecular formula is C14H28N4O. The van der Waals surface area contributed by atoms with Crippen LogP contribution in [0.15, 0.2) is 4.99 Å². The van der Waals surface area contributed by atoms with E-state index in [1.54, 1.807) is 0 Å². The highest BCUT2D eigenvalue weighted by Gasteiger charge is 2.28. The number of nitrogens with two attached hydrogens (primary N) is 1. The van der Waals surface area contributed by atoms with E-state index in [1.165, 1.54) is 19.3 Å². The summed E-state index contributed by atoms with van der Waals surface area (Å²) >= 11 is 0. The molecule has 19 heavy (non-hydrogen) atoms. The second-order valence-corrected chi connectivity index (χ2v) is 6.13. The summed E-state index contributed by atoms with van der Waals surface area (Å²) in [6, 6.07) is 0. The Morgan fingerprint density at radius 1 is 1.11 bits per heavy atom. The molecule has 0 aliphatic carbocycles. The van der Waals surface area contributed by atoms with E-state index in [2.05, 4.69) is 28.6 Å². The van der Waals surface area contributed by atoms with Crippen molar-refractivity contribution in [2.75, 3.05) is 45.9 Å². The van der Waals surface area contributed by atoms with Gasteiger partial charge in [-0.15, -0.1) is 0 Å². The smallest absolute Gasteiger partial charge is 0.191 e. The summed E-state index contributed by atoms with van der Waals surface area (Å²) in [5, 5.41) is 0. The lowest BCUT2D eigenvalue weighted by Gasteiger charge is -2.40. The van der Waals surface area contributed by atoms with E-state index in [0.717, 1.165) is 51.9 Å². The molecule has 2 fully saturated rings. The highest BCUT2D eigenvalue weighted by molar-refractivity contribution is 5.78. The highest BCUT2D eigenvalue weighted by Crippen LogP contribution is 2.17. The van der Waals surface area contributed by atoms with Crippen LogP contribution in [0.4, 0.5) is 0 Å². The molecule has 5 nitrogen and oxygen atoms in total. The van der Waals surface area contributed by atoms with Crippen LogP contribution in [0.25, 0.3) is 0 Å². The number of likely N-dealkylation sites (tertiary alicyclic amines) is 1. The van der Waals surface area contributed by atoms with Crippen LogP contribution >= 0.6 is 0 Å². The van der Waals surface area contributed by atoms with Gasteiger partial charge in [0.05, 0.1) is 19.8 Å². The van der Waals surface area contributed by atoms with Crippen molar-refractivity contribution in [2.45, 2.75) is 38.6 Å². The Morgan fingerprint density at radius 3 is 2.37 bits per heavy atom. The molecule has 0 amide bonds. The van der Waals surface area contributed by atoms with Gasteiger partial charge in [0.2, 0.25) is 0 Å². The number of rotatable bonds is 3. The van der Waals surface area contributed by atoms with Crippen LogP contribution in [0.1, 0.15) is 33.1 Å². The molecule has 0 bridgehead atoms. The van der Waals surface area contributed by atoms with Crippen LogP contribution in [-0.2, 0) is 4.74 Å². The van der Waals surface area contributed by atoms with E-state index in [1.807, 2.05) is 0 Å². The molecule has 2 heterocycles. The van der Waals surface area contributed by atoms with Crippen LogP contribution in [0.2, 0.25) is 0 Å². The standard InChI is InChI=1S/C14H28N4O/c1-14(2,18-8-10-19-11-9-18)12-16-13(15)17-6-4-3-5-7-17/h3-12H2,1-2H3,(H2,15,16). The molecule has 110 valence electrons. The predicted octanol–water partition coefficient (Wildman–Crippen LogP) is 0.898. The molecular weight excluding hydrogens is 240 g/mol. The first-order valence-electron chi connectivity index (χ1n) is 7.47. The number of ether oxygens (including phenoxy) is 1. The first-order chi connectivity index (χ1) is 9.09. The Kier molecular flexibility index (Phi) is 5.05. The summed E-state index contributed by atoms with van der Waals surface area (Å²) in [5.74, 6) is 0.723. The zero-order valence-electron chi connectivity index (χ0n) is 12.4. The Hall–Kier alpha value is -0.810. The molecule has 2 N–H and O–H groups in total. The maximum atomic E-state index is 6.12. The number of hydrogen-bond acceptors (Lipinski definition) is 3. The van der Waals surface area contributed by atoms with Gasteiger partial charge < -0.3 is 15.4 Å². The minimum atomic E-state index is 0.0597. The first kappa shape index (κ1) is 14.6. The third kappa shape index (κ3) is 4.08. The topological polar surface area (TPSA) is 54.1 Å². The molecule has 2 saturated heterocycles. The van der Waals surface area contributed by atoms with Gasteiger partial charge in [-0.3, -0.25) is 9.89 Å². The Bertz CT molecular complexity index is 305. The van der Waals surface area contributed by atoms with Crippen molar-refractivity contribution in [1.82, 2.24) is 9.80 Å². The van der Waals surface area contributed by atoms with Crippen LogP contribution in [-0.4, -0.2) is 67.2 Å². The molecule has 2 aliphatic rings. The van der Waals surface area contributed by atoms with Gasteiger partial charge in [0.15, 0.2) is 5.96 Å². The average molecular weight is 268 g/mol. The van der Waals surface area contributed by atoms with Gasteiger partial charge in [0.25, 0.3) is 0 Å². The maximum absolute atomic E-state index is 6.12. The maximum Gasteiger partial charge on any atom is 0.191 e. The summed E-state index contributed by atoms with van der Waals surface area (Å²) < 4.78 is 5.41. The van der Waals surface area contributed by atoms with Crippen molar-refractivity contribution in [3.05, 3.63) is 0 Å². The summed E-state index contributed by atoms with van der Waals surface area (Å²) in [4.78, 5) is 9.30. The van der Waals surface area contributed by atoms with Crippen LogP contribution < -0.4 is 5.73 Å². The van der Waals surface area contributed by atoms with Crippen LogP contribution in [0.3, 0.4) is 0 Å². The molecule has 0 aromatic carbocycles. The lowest BCUT2D eigenvalue weighted by atomic mass is 10.0. The normalized spacial score (nSPS) is 23.7. The average Bonchev–Trinajstić information content (AvgIpc) is 2.47. The fraction of sp³-hybridized carbons (Fsp3) is 0.929. The van der Waals surface area contributed by atoms with E-state index in [-0.39, 0.29) is 5.54 Å². The van der Waals surface area contributed by atoms with Crippen molar-refractivity contribution < 1.29 is 4.74 Å². The summed E-state index contributed by atoms with van der Waals surface area (Å²) in [5.41, 5.74) is 6.18. The SMILES string of the molecule is CC(C)(CN=C(N)N1CCCCC1)N1CCOCC1. The van der Waals surface area contributed by atoms with Gasteiger partial charge >= 0.3 is 0 Å². The van der Waals surface area contributed by atoms with Crippen molar-refractivity contribution >= 4 is 5.96 Å². The summed E-state index contributed by atoms with van der Waals surface area (Å²) in [6.07, 6.45) is 3.80. The molecule has 0 radical (unpaired) electrons. The van der Waals surface area contributed by atoms with E-state index in [0.29, 0.717) is 0 Å². The number of hydrogen-bond donors (Lipinski definition) is 1. The second kappa shape index (κ2) is 6.57. The molecule has 2 rings (SSSR count). The molecule has 0 unspecified atom stereocenters. The van der Waals surface area contributed by atoms with E-state index < -0.39 is 0 Å². The number of aliphatic imine (C=N–C) groups is 1. The van der Waals surface area contributed by atoms with E-state index >= 15 is 0 Å². The summed E-state index contributed by atoms with van der Waals surface area (Å²) in [7, 11) is 0. The summed E-state index contributed by atoms with van der Waals surface area (Å²) in [6.45, 7) is 11.0. The molecule has 0 aromatic heterocycles. The molecule has 0 spiro atoms. The van der Waals surface area contributed by atoms with E-state index in [4.69, 9.17) is 10.5 Å². The third-order valence-electron chi connectivity index (χ3n) is 4.18. The first-order valence-corrected chi connectivity index (χ1v) is 7.47. The molecule has 0 aromatic rings. The fourth-order valence-corrected chi connectivity index (χ4v) is 2.77. The monoisotopic (exact) mass is 268 g/mol. The van der Waals surface area contributed by atoms with Crippen LogP contribution in [0.5, 0.6) is 0 Å². The van der Waals surface area contributed by atoms with E-state index in [9.17, 15) is 0 Å². The Labute approximate surface area is 116 Å². The minimum absolute atomic E-state index is 0.0597. The van der Waals surface area contributed by atoms with Gasteiger partial charge in [0.1, 0.15) is 0 Å². The zero-order chi connectivity index (χ0) is 13.7. The molecule has 0 saturated carbocycles. The number of guanidine groups is 1. The molecule has 0 atom stereocenters. The van der Waals surface area contributed by atoms with Crippen molar-refractivity contribution in [1.29, 1.82) is 0 Å². The lowest BCUT2D eigenvalue weighted by molar-refractivity contribution is -0.00688. The number of piperidine rings is 1. The lowest BCUT2D eigenvalue weighted by Crippen LogP contribution is -2.52. The molecule has 5 heteroatoms. The second-order valence-electron chi connectivity index (χ2n) is 6.13. The predicted molar refractivity (Wildman–Crippen MR) is 78.4 cm³/mol.